The number of carbonyl (C=O) groups is 1. The van der Waals surface area contributed by atoms with Gasteiger partial charge in [0, 0.05) is 30.7 Å². The molecule has 2 unspecified atom stereocenters. The van der Waals surface area contributed by atoms with Crippen LogP contribution in [0.4, 0.5) is 11.6 Å². The largest absolute Gasteiger partial charge is 0.480 e. The lowest BCUT2D eigenvalue weighted by atomic mass is 9.90. The van der Waals surface area contributed by atoms with E-state index in [9.17, 15) is 4.79 Å². The molecule has 1 aliphatic carbocycles. The smallest absolute Gasteiger partial charge is 0.263 e. The molecule has 1 spiro atoms. The predicted octanol–water partition coefficient (Wildman–Crippen LogP) is 1.66. The number of rotatable bonds is 4. The molecule has 32 heavy (non-hydrogen) atoms. The van der Waals surface area contributed by atoms with Crippen molar-refractivity contribution in [2.24, 2.45) is 11.7 Å². The Morgan fingerprint density at radius 3 is 2.97 bits per heavy atom. The van der Waals surface area contributed by atoms with Crippen LogP contribution in [0.1, 0.15) is 11.1 Å². The first-order chi connectivity index (χ1) is 15.5. The van der Waals surface area contributed by atoms with E-state index in [1.165, 1.54) is 11.1 Å². The molecule has 2 saturated heterocycles. The van der Waals surface area contributed by atoms with Crippen LogP contribution in [0.2, 0.25) is 5.02 Å². The summed E-state index contributed by atoms with van der Waals surface area (Å²) in [6.07, 6.45) is 1.97. The monoisotopic (exact) mass is 455 g/mol. The third-order valence-corrected chi connectivity index (χ3v) is 7.41. The number of carbonyl (C=O) groups excluding carboxylic acids is 1. The van der Waals surface area contributed by atoms with Crippen molar-refractivity contribution in [1.82, 2.24) is 9.88 Å². The van der Waals surface area contributed by atoms with Gasteiger partial charge in [-0.25, -0.2) is 4.98 Å². The molecule has 2 aromatic rings. The molecular formula is C23H26ClN5O3. The lowest BCUT2D eigenvalue weighted by Gasteiger charge is -2.47. The Bertz CT molecular complexity index is 1070. The maximum atomic E-state index is 11.6. The second-order valence-electron chi connectivity index (χ2n) is 9.39. The predicted molar refractivity (Wildman–Crippen MR) is 121 cm³/mol. The van der Waals surface area contributed by atoms with E-state index in [0.29, 0.717) is 24.2 Å². The Kier molecular flexibility index (Phi) is 4.80. The molecule has 0 bridgehead atoms. The van der Waals surface area contributed by atoms with Gasteiger partial charge in [0.25, 0.3) is 5.91 Å². The molecule has 0 saturated carbocycles. The number of anilines is 2. The molecular weight excluding hydrogens is 430 g/mol. The fourth-order valence-electron chi connectivity index (χ4n) is 5.41. The summed E-state index contributed by atoms with van der Waals surface area (Å²) in [5.74, 6) is 2.09. The van der Waals surface area contributed by atoms with Gasteiger partial charge < -0.3 is 25.4 Å². The van der Waals surface area contributed by atoms with Crippen LogP contribution in [0.5, 0.6) is 5.75 Å². The molecule has 2 fully saturated rings. The number of pyridine rings is 1. The van der Waals surface area contributed by atoms with E-state index in [0.717, 1.165) is 49.9 Å². The summed E-state index contributed by atoms with van der Waals surface area (Å²) in [5.41, 5.74) is 9.03. The number of amides is 1. The van der Waals surface area contributed by atoms with Crippen molar-refractivity contribution in [1.29, 1.82) is 0 Å². The van der Waals surface area contributed by atoms with Crippen molar-refractivity contribution >= 4 is 29.1 Å². The van der Waals surface area contributed by atoms with Crippen LogP contribution < -0.4 is 20.7 Å². The minimum atomic E-state index is -0.185. The Labute approximate surface area is 191 Å². The number of hydrogen-bond donors (Lipinski definition) is 2. The van der Waals surface area contributed by atoms with Crippen LogP contribution >= 0.6 is 11.6 Å². The van der Waals surface area contributed by atoms with E-state index in [1.807, 2.05) is 24.3 Å². The normalized spacial score (nSPS) is 24.5. The SMILES string of the molecule is NC(CN1CC2(C1)CN(c1ccc3c(n1)NC(=O)CO3)CO2)C1Cc2cccc(Cl)c2C1. The summed E-state index contributed by atoms with van der Waals surface area (Å²) >= 11 is 6.37. The Balaban J connectivity index is 1.04. The molecule has 168 valence electrons. The summed E-state index contributed by atoms with van der Waals surface area (Å²) in [5, 5.41) is 3.63. The number of nitrogens with zero attached hydrogens (tertiary/aromatic N) is 3. The number of halogens is 1. The Morgan fingerprint density at radius 1 is 1.25 bits per heavy atom. The van der Waals surface area contributed by atoms with Crippen LogP contribution in [-0.2, 0) is 22.4 Å². The van der Waals surface area contributed by atoms with Gasteiger partial charge in [-0.1, -0.05) is 23.7 Å². The summed E-state index contributed by atoms with van der Waals surface area (Å²) in [6, 6.07) is 10.0. The fourth-order valence-corrected chi connectivity index (χ4v) is 5.68. The maximum Gasteiger partial charge on any atom is 0.263 e. The Morgan fingerprint density at radius 2 is 2.12 bits per heavy atom. The van der Waals surface area contributed by atoms with E-state index < -0.39 is 0 Å². The third kappa shape index (κ3) is 3.51. The quantitative estimate of drug-likeness (QED) is 0.724. The molecule has 9 heteroatoms. The van der Waals surface area contributed by atoms with Crippen LogP contribution in [0.25, 0.3) is 0 Å². The number of ether oxygens (including phenoxy) is 2. The summed E-state index contributed by atoms with van der Waals surface area (Å²) in [6.45, 7) is 3.87. The molecule has 1 aromatic heterocycles. The molecule has 4 aliphatic rings. The molecule has 1 aromatic carbocycles. The van der Waals surface area contributed by atoms with Crippen LogP contribution in [0, 0.1) is 5.92 Å². The van der Waals surface area contributed by atoms with Crippen molar-refractivity contribution in [3.63, 3.8) is 0 Å². The zero-order valence-corrected chi connectivity index (χ0v) is 18.5. The number of nitrogens with two attached hydrogens (primary N) is 1. The van der Waals surface area contributed by atoms with Gasteiger partial charge in [0.15, 0.2) is 18.2 Å². The van der Waals surface area contributed by atoms with E-state index >= 15 is 0 Å². The van der Waals surface area contributed by atoms with Crippen LogP contribution in [-0.4, -0.2) is 67.0 Å². The van der Waals surface area contributed by atoms with E-state index in [2.05, 4.69) is 26.2 Å². The molecule has 4 heterocycles. The first-order valence-electron chi connectivity index (χ1n) is 11.0. The summed E-state index contributed by atoms with van der Waals surface area (Å²) in [7, 11) is 0. The number of benzene rings is 1. The zero-order valence-electron chi connectivity index (χ0n) is 17.7. The zero-order chi connectivity index (χ0) is 21.9. The highest BCUT2D eigenvalue weighted by atomic mass is 35.5. The highest BCUT2D eigenvalue weighted by molar-refractivity contribution is 6.31. The van der Waals surface area contributed by atoms with Crippen molar-refractivity contribution in [3.8, 4) is 5.75 Å². The standard InChI is InChI=1S/C23H26ClN5O3/c24-17-3-1-2-14-6-15(7-16(14)17)18(25)8-28-10-23(11-28)12-29(13-32-23)20-5-4-19-22(26-20)27-21(30)9-31-19/h1-5,15,18H,6-13,25H2,(H,26,27,30). The van der Waals surface area contributed by atoms with Gasteiger partial charge >= 0.3 is 0 Å². The molecule has 1 amide bonds. The molecule has 6 rings (SSSR count). The van der Waals surface area contributed by atoms with Crippen molar-refractivity contribution in [3.05, 3.63) is 46.5 Å². The summed E-state index contributed by atoms with van der Waals surface area (Å²) < 4.78 is 11.6. The second-order valence-corrected chi connectivity index (χ2v) is 9.79. The van der Waals surface area contributed by atoms with Gasteiger partial charge in [0.05, 0.1) is 6.54 Å². The van der Waals surface area contributed by atoms with Gasteiger partial charge in [-0.15, -0.1) is 0 Å². The van der Waals surface area contributed by atoms with E-state index in [-0.39, 0.29) is 24.2 Å². The summed E-state index contributed by atoms with van der Waals surface area (Å²) in [4.78, 5) is 20.6. The van der Waals surface area contributed by atoms with Gasteiger partial charge in [0.1, 0.15) is 18.1 Å². The van der Waals surface area contributed by atoms with Crippen LogP contribution in [0.15, 0.2) is 30.3 Å². The molecule has 3 aliphatic heterocycles. The minimum absolute atomic E-state index is 0.0297. The number of aromatic nitrogens is 1. The number of nitrogens with one attached hydrogen (secondary N) is 1. The molecule has 8 nitrogen and oxygen atoms in total. The highest BCUT2D eigenvalue weighted by Crippen LogP contribution is 2.37. The van der Waals surface area contributed by atoms with Gasteiger partial charge in [0.2, 0.25) is 0 Å². The average Bonchev–Trinajstić information content (AvgIpc) is 3.39. The van der Waals surface area contributed by atoms with E-state index in [4.69, 9.17) is 26.8 Å². The van der Waals surface area contributed by atoms with Gasteiger partial charge in [-0.2, -0.15) is 0 Å². The third-order valence-electron chi connectivity index (χ3n) is 7.05. The van der Waals surface area contributed by atoms with E-state index in [1.54, 1.807) is 0 Å². The first kappa shape index (κ1) is 20.2. The molecule has 0 radical (unpaired) electrons. The second kappa shape index (κ2) is 7.59. The number of hydrogen-bond acceptors (Lipinski definition) is 7. The lowest BCUT2D eigenvalue weighted by Crippen LogP contribution is -2.66. The fraction of sp³-hybridized carbons (Fsp3) is 0.478. The average molecular weight is 456 g/mol. The van der Waals surface area contributed by atoms with Gasteiger partial charge in [-0.05, 0) is 48.1 Å². The molecule has 3 N–H and O–H groups in total. The van der Waals surface area contributed by atoms with Crippen molar-refractivity contribution in [2.45, 2.75) is 24.5 Å². The van der Waals surface area contributed by atoms with Crippen molar-refractivity contribution < 1.29 is 14.3 Å². The topological polar surface area (TPSA) is 93.0 Å². The van der Waals surface area contributed by atoms with Crippen LogP contribution in [0.3, 0.4) is 0 Å². The van der Waals surface area contributed by atoms with Crippen molar-refractivity contribution in [2.75, 3.05) is 49.7 Å². The first-order valence-corrected chi connectivity index (χ1v) is 11.4. The van der Waals surface area contributed by atoms with Gasteiger partial charge in [-0.3, -0.25) is 9.69 Å². The number of likely N-dealkylation sites (tertiary alicyclic amines) is 1. The minimum Gasteiger partial charge on any atom is -0.480 e. The Hall–Kier alpha value is -2.39. The maximum absolute atomic E-state index is 11.6. The lowest BCUT2D eigenvalue weighted by molar-refractivity contribution is -0.118. The number of fused-ring (bicyclic) bond motifs is 2. The molecule has 2 atom stereocenters. The highest BCUT2D eigenvalue weighted by Gasteiger charge is 2.50.